The first-order valence-electron chi connectivity index (χ1n) is 5.57. The van der Waals surface area contributed by atoms with E-state index in [1.807, 2.05) is 0 Å². The number of benzene rings is 1. The van der Waals surface area contributed by atoms with Gasteiger partial charge in [-0.25, -0.2) is 4.39 Å². The average molecular weight is 329 g/mol. The second-order valence-corrected chi connectivity index (χ2v) is 4.96. The van der Waals surface area contributed by atoms with E-state index in [1.165, 1.54) is 12.1 Å². The summed E-state index contributed by atoms with van der Waals surface area (Å²) in [6, 6.07) is 2.90. The maximum Gasteiger partial charge on any atom is 0.253 e. The van der Waals surface area contributed by atoms with Gasteiger partial charge in [-0.2, -0.15) is 0 Å². The molecule has 1 saturated heterocycles. The highest BCUT2D eigenvalue weighted by atomic mass is 79.9. The topological polar surface area (TPSA) is 75.3 Å². The van der Waals surface area contributed by atoms with E-state index in [0.717, 1.165) is 6.07 Å². The van der Waals surface area contributed by atoms with Gasteiger partial charge < -0.3 is 5.32 Å². The van der Waals surface area contributed by atoms with Gasteiger partial charge in [-0.1, -0.05) is 0 Å². The number of halogens is 2. The Hall–Kier alpha value is -1.76. The molecule has 100 valence electrons. The molecular weight excluding hydrogens is 319 g/mol. The number of piperidine rings is 1. The van der Waals surface area contributed by atoms with Crippen molar-refractivity contribution in [3.63, 3.8) is 0 Å². The van der Waals surface area contributed by atoms with E-state index in [1.54, 1.807) is 0 Å². The monoisotopic (exact) mass is 328 g/mol. The number of rotatable bonds is 2. The van der Waals surface area contributed by atoms with Gasteiger partial charge in [0.25, 0.3) is 5.91 Å². The molecule has 1 aromatic rings. The largest absolute Gasteiger partial charge is 0.340 e. The van der Waals surface area contributed by atoms with Crippen LogP contribution in [-0.4, -0.2) is 23.8 Å². The second-order valence-electron chi connectivity index (χ2n) is 4.10. The molecule has 3 amide bonds. The molecule has 5 nitrogen and oxygen atoms in total. The van der Waals surface area contributed by atoms with E-state index in [0.29, 0.717) is 4.47 Å². The minimum atomic E-state index is -0.748. The molecule has 19 heavy (non-hydrogen) atoms. The summed E-state index contributed by atoms with van der Waals surface area (Å²) in [5.74, 6) is -1.84. The maximum absolute atomic E-state index is 12.9. The minimum absolute atomic E-state index is 0.182. The predicted molar refractivity (Wildman–Crippen MR) is 67.7 cm³/mol. The van der Waals surface area contributed by atoms with E-state index in [-0.39, 0.29) is 24.3 Å². The number of nitrogens with one attached hydrogen (secondary N) is 2. The normalized spacial score (nSPS) is 18.9. The van der Waals surface area contributed by atoms with E-state index < -0.39 is 23.7 Å². The van der Waals surface area contributed by atoms with Gasteiger partial charge in [-0.3, -0.25) is 19.7 Å². The van der Waals surface area contributed by atoms with Gasteiger partial charge in [0.2, 0.25) is 11.8 Å². The molecule has 1 aromatic carbocycles. The number of carbonyl (C=O) groups excluding carboxylic acids is 3. The van der Waals surface area contributed by atoms with E-state index in [4.69, 9.17) is 0 Å². The summed E-state index contributed by atoms with van der Waals surface area (Å²) in [6.07, 6.45) is 0.441. The van der Waals surface area contributed by atoms with Crippen LogP contribution in [0.3, 0.4) is 0 Å². The standard InChI is InChI=1S/C12H10BrFN2O3/c13-8-5-6(14)1-2-7(8)11(18)15-9-3-4-10(17)16-12(9)19/h1-2,5,9H,3-4H2,(H,15,18)(H,16,17,19). The molecule has 1 aliphatic rings. The van der Waals surface area contributed by atoms with Crippen LogP contribution >= 0.6 is 15.9 Å². The van der Waals surface area contributed by atoms with Crippen molar-refractivity contribution in [3.8, 4) is 0 Å². The summed E-state index contributed by atoms with van der Waals surface area (Å²) >= 11 is 3.08. The molecule has 2 rings (SSSR count). The lowest BCUT2D eigenvalue weighted by Crippen LogP contribution is -2.52. The Kier molecular flexibility index (Phi) is 3.94. The molecule has 7 heteroatoms. The van der Waals surface area contributed by atoms with E-state index >= 15 is 0 Å². The molecule has 0 aliphatic carbocycles. The van der Waals surface area contributed by atoms with Crippen LogP contribution in [0.15, 0.2) is 22.7 Å². The van der Waals surface area contributed by atoms with Crippen molar-refractivity contribution in [2.45, 2.75) is 18.9 Å². The van der Waals surface area contributed by atoms with Crippen molar-refractivity contribution in [2.24, 2.45) is 0 Å². The minimum Gasteiger partial charge on any atom is -0.340 e. The molecule has 1 atom stereocenters. The first-order valence-corrected chi connectivity index (χ1v) is 6.36. The fourth-order valence-corrected chi connectivity index (χ4v) is 2.27. The highest BCUT2D eigenvalue weighted by Gasteiger charge is 2.28. The van der Waals surface area contributed by atoms with Crippen LogP contribution in [0, 0.1) is 5.82 Å². The zero-order chi connectivity index (χ0) is 14.0. The molecule has 0 aromatic heterocycles. The third-order valence-corrected chi connectivity index (χ3v) is 3.38. The van der Waals surface area contributed by atoms with Gasteiger partial charge in [0, 0.05) is 10.9 Å². The first-order chi connectivity index (χ1) is 8.97. The number of amides is 3. The fourth-order valence-electron chi connectivity index (χ4n) is 1.74. The van der Waals surface area contributed by atoms with Gasteiger partial charge in [0.1, 0.15) is 11.9 Å². The Bertz CT molecular complexity index is 562. The van der Waals surface area contributed by atoms with Gasteiger partial charge in [0.05, 0.1) is 5.56 Å². The lowest BCUT2D eigenvalue weighted by molar-refractivity contribution is -0.134. The number of imide groups is 1. The Morgan fingerprint density at radius 3 is 2.79 bits per heavy atom. The van der Waals surface area contributed by atoms with Crippen molar-refractivity contribution in [3.05, 3.63) is 34.1 Å². The van der Waals surface area contributed by atoms with Gasteiger partial charge >= 0.3 is 0 Å². The van der Waals surface area contributed by atoms with Crippen molar-refractivity contribution in [2.75, 3.05) is 0 Å². The highest BCUT2D eigenvalue weighted by molar-refractivity contribution is 9.10. The number of hydrogen-bond donors (Lipinski definition) is 2. The highest BCUT2D eigenvalue weighted by Crippen LogP contribution is 2.18. The van der Waals surface area contributed by atoms with E-state index in [2.05, 4.69) is 26.6 Å². The van der Waals surface area contributed by atoms with Gasteiger partial charge in [0.15, 0.2) is 0 Å². The fraction of sp³-hybridized carbons (Fsp3) is 0.250. The molecule has 1 unspecified atom stereocenters. The van der Waals surface area contributed by atoms with Crippen molar-refractivity contribution in [1.82, 2.24) is 10.6 Å². The summed E-state index contributed by atoms with van der Waals surface area (Å²) in [5.41, 5.74) is 0.228. The van der Waals surface area contributed by atoms with Crippen LogP contribution < -0.4 is 10.6 Å². The molecule has 0 radical (unpaired) electrons. The maximum atomic E-state index is 12.9. The predicted octanol–water partition coefficient (Wildman–Crippen LogP) is 1.12. The smallest absolute Gasteiger partial charge is 0.253 e. The van der Waals surface area contributed by atoms with Crippen LogP contribution in [0.5, 0.6) is 0 Å². The summed E-state index contributed by atoms with van der Waals surface area (Å²) in [5, 5.41) is 4.66. The van der Waals surface area contributed by atoms with Crippen LogP contribution in [0.1, 0.15) is 23.2 Å². The Labute approximate surface area is 116 Å². The van der Waals surface area contributed by atoms with Crippen LogP contribution in [-0.2, 0) is 9.59 Å². The molecule has 1 fully saturated rings. The lowest BCUT2D eigenvalue weighted by Gasteiger charge is -2.22. The molecule has 1 aliphatic heterocycles. The zero-order valence-electron chi connectivity index (χ0n) is 9.70. The average Bonchev–Trinajstić information content (AvgIpc) is 2.32. The zero-order valence-corrected chi connectivity index (χ0v) is 11.3. The molecule has 0 bridgehead atoms. The molecule has 1 heterocycles. The lowest BCUT2D eigenvalue weighted by atomic mass is 10.1. The Morgan fingerprint density at radius 2 is 2.16 bits per heavy atom. The van der Waals surface area contributed by atoms with Crippen molar-refractivity contribution in [1.29, 1.82) is 0 Å². The van der Waals surface area contributed by atoms with Gasteiger partial charge in [-0.15, -0.1) is 0 Å². The van der Waals surface area contributed by atoms with Crippen LogP contribution in [0.4, 0.5) is 4.39 Å². The Morgan fingerprint density at radius 1 is 1.42 bits per heavy atom. The second kappa shape index (κ2) is 5.48. The summed E-state index contributed by atoms with van der Waals surface area (Å²) < 4.78 is 13.2. The van der Waals surface area contributed by atoms with Crippen molar-refractivity contribution < 1.29 is 18.8 Å². The summed E-state index contributed by atoms with van der Waals surface area (Å²) in [6.45, 7) is 0. The third kappa shape index (κ3) is 3.17. The van der Waals surface area contributed by atoms with Crippen LogP contribution in [0.25, 0.3) is 0 Å². The molecule has 2 N–H and O–H groups in total. The SMILES string of the molecule is O=C1CCC(NC(=O)c2ccc(F)cc2Br)C(=O)N1. The van der Waals surface area contributed by atoms with Crippen LogP contribution in [0.2, 0.25) is 0 Å². The summed E-state index contributed by atoms with van der Waals surface area (Å²) in [4.78, 5) is 34.4. The number of carbonyl (C=O) groups is 3. The molecular formula is C12H10BrFN2O3. The Balaban J connectivity index is 2.09. The quantitative estimate of drug-likeness (QED) is 0.799. The molecule has 0 saturated carbocycles. The molecule has 0 spiro atoms. The third-order valence-electron chi connectivity index (χ3n) is 2.72. The van der Waals surface area contributed by atoms with Gasteiger partial charge in [-0.05, 0) is 40.5 Å². The first kappa shape index (κ1) is 13.7. The van der Waals surface area contributed by atoms with E-state index in [9.17, 15) is 18.8 Å². The van der Waals surface area contributed by atoms with Crippen molar-refractivity contribution >= 4 is 33.7 Å². The number of hydrogen-bond acceptors (Lipinski definition) is 3. The summed E-state index contributed by atoms with van der Waals surface area (Å²) in [7, 11) is 0.